The number of fused-ring (bicyclic) bond motifs is 1. The second-order valence-corrected chi connectivity index (χ2v) is 8.58. The van der Waals surface area contributed by atoms with E-state index in [-0.39, 0.29) is 11.8 Å². The molecule has 3 rings (SSSR count). The van der Waals surface area contributed by atoms with Crippen molar-refractivity contribution in [2.45, 2.75) is 52.4 Å². The lowest BCUT2D eigenvalue weighted by Gasteiger charge is -2.14. The number of amides is 2. The quantitative estimate of drug-likeness (QED) is 0.797. The van der Waals surface area contributed by atoms with E-state index < -0.39 is 5.91 Å². The first-order valence-corrected chi connectivity index (χ1v) is 10.0. The Morgan fingerprint density at radius 2 is 1.85 bits per heavy atom. The first-order chi connectivity index (χ1) is 12.4. The third-order valence-electron chi connectivity index (χ3n) is 4.92. The highest BCUT2D eigenvalue weighted by Gasteiger charge is 2.27. The van der Waals surface area contributed by atoms with E-state index in [4.69, 9.17) is 5.73 Å². The molecule has 0 aliphatic heterocycles. The maximum absolute atomic E-state index is 12.7. The summed E-state index contributed by atoms with van der Waals surface area (Å²) < 4.78 is 0. The number of carbonyl (C=O) groups is 2. The summed E-state index contributed by atoms with van der Waals surface area (Å²) in [5, 5.41) is 3.55. The molecule has 4 nitrogen and oxygen atoms in total. The molecule has 138 valence electrons. The Balaban J connectivity index is 1.75. The van der Waals surface area contributed by atoms with Crippen LogP contribution in [0.2, 0.25) is 0 Å². The van der Waals surface area contributed by atoms with E-state index in [0.717, 1.165) is 36.8 Å². The van der Waals surface area contributed by atoms with Crippen LogP contribution in [0.25, 0.3) is 0 Å². The molecule has 0 fully saturated rings. The minimum atomic E-state index is -0.453. The zero-order valence-corrected chi connectivity index (χ0v) is 16.4. The highest BCUT2D eigenvalue weighted by Crippen LogP contribution is 2.39. The van der Waals surface area contributed by atoms with Crippen LogP contribution in [0, 0.1) is 5.92 Å². The third kappa shape index (κ3) is 3.83. The van der Waals surface area contributed by atoms with Gasteiger partial charge in [-0.1, -0.05) is 38.1 Å². The standard InChI is InChI=1S/C21H26N2O2S/c1-12(2)11-14-7-9-15(10-8-14)13(3)20(25)23-21-18(19(22)24)16-5-4-6-17(16)26-21/h7-10,12-13H,4-6,11H2,1-3H3,(H2,22,24)(H,23,25). The van der Waals surface area contributed by atoms with Gasteiger partial charge in [-0.3, -0.25) is 9.59 Å². The van der Waals surface area contributed by atoms with Gasteiger partial charge in [0, 0.05) is 4.88 Å². The first-order valence-electron chi connectivity index (χ1n) is 9.20. The van der Waals surface area contributed by atoms with Crippen molar-refractivity contribution in [2.24, 2.45) is 11.7 Å². The van der Waals surface area contributed by atoms with Gasteiger partial charge in [-0.05, 0) is 55.2 Å². The number of nitrogens with two attached hydrogens (primary N) is 1. The number of aryl methyl sites for hydroxylation is 1. The lowest BCUT2D eigenvalue weighted by Crippen LogP contribution is -2.21. The SMILES string of the molecule is CC(C)Cc1ccc(C(C)C(=O)Nc2sc3c(c2C(N)=O)CCC3)cc1. The number of rotatable bonds is 6. The summed E-state index contributed by atoms with van der Waals surface area (Å²) >= 11 is 1.49. The molecule has 0 radical (unpaired) electrons. The smallest absolute Gasteiger partial charge is 0.251 e. The molecular weight excluding hydrogens is 344 g/mol. The zero-order valence-electron chi connectivity index (χ0n) is 15.6. The Kier molecular flexibility index (Phi) is 5.47. The predicted molar refractivity (Wildman–Crippen MR) is 107 cm³/mol. The van der Waals surface area contributed by atoms with Gasteiger partial charge in [0.2, 0.25) is 5.91 Å². The van der Waals surface area contributed by atoms with E-state index >= 15 is 0 Å². The molecule has 1 atom stereocenters. The molecule has 26 heavy (non-hydrogen) atoms. The average molecular weight is 371 g/mol. The topological polar surface area (TPSA) is 72.2 Å². The summed E-state index contributed by atoms with van der Waals surface area (Å²) in [6.07, 6.45) is 3.91. The molecule has 0 bridgehead atoms. The van der Waals surface area contributed by atoms with Crippen molar-refractivity contribution in [3.05, 3.63) is 51.4 Å². The first kappa shape index (κ1) is 18.6. The van der Waals surface area contributed by atoms with Crippen molar-refractivity contribution in [1.82, 2.24) is 0 Å². The summed E-state index contributed by atoms with van der Waals surface area (Å²) in [6, 6.07) is 8.22. The summed E-state index contributed by atoms with van der Waals surface area (Å²) in [4.78, 5) is 25.8. The molecule has 1 aromatic heterocycles. The highest BCUT2D eigenvalue weighted by atomic mass is 32.1. The molecule has 2 amide bonds. The van der Waals surface area contributed by atoms with E-state index in [2.05, 4.69) is 31.3 Å². The lowest BCUT2D eigenvalue weighted by atomic mass is 9.96. The molecule has 0 saturated heterocycles. The van der Waals surface area contributed by atoms with Gasteiger partial charge in [0.15, 0.2) is 0 Å². The summed E-state index contributed by atoms with van der Waals surface area (Å²) in [6.45, 7) is 6.27. The minimum Gasteiger partial charge on any atom is -0.365 e. The lowest BCUT2D eigenvalue weighted by molar-refractivity contribution is -0.117. The maximum Gasteiger partial charge on any atom is 0.251 e. The number of primary amides is 1. The molecule has 2 aromatic rings. The zero-order chi connectivity index (χ0) is 18.8. The van der Waals surface area contributed by atoms with Gasteiger partial charge in [0.1, 0.15) is 5.00 Å². The van der Waals surface area contributed by atoms with Crippen LogP contribution in [0.1, 0.15) is 65.0 Å². The van der Waals surface area contributed by atoms with Gasteiger partial charge < -0.3 is 11.1 Å². The van der Waals surface area contributed by atoms with Crippen LogP contribution in [0.15, 0.2) is 24.3 Å². The molecule has 0 saturated carbocycles. The molecule has 0 spiro atoms. The van der Waals surface area contributed by atoms with Crippen molar-refractivity contribution in [3.63, 3.8) is 0 Å². The molecule has 1 aliphatic rings. The maximum atomic E-state index is 12.7. The second-order valence-electron chi connectivity index (χ2n) is 7.48. The van der Waals surface area contributed by atoms with Crippen LogP contribution < -0.4 is 11.1 Å². The molecule has 1 aliphatic carbocycles. The summed E-state index contributed by atoms with van der Waals surface area (Å²) in [5.74, 6) is -0.246. The van der Waals surface area contributed by atoms with Crippen LogP contribution in [-0.2, 0) is 24.1 Å². The number of carbonyl (C=O) groups excluding carboxylic acids is 2. The normalized spacial score (nSPS) is 14.3. The summed E-state index contributed by atoms with van der Waals surface area (Å²) in [5.41, 5.74) is 9.36. The van der Waals surface area contributed by atoms with Crippen LogP contribution in [0.5, 0.6) is 0 Å². The molecule has 5 heteroatoms. The van der Waals surface area contributed by atoms with E-state index in [1.54, 1.807) is 0 Å². The molecular formula is C21H26N2O2S. The Hall–Kier alpha value is -2.14. The highest BCUT2D eigenvalue weighted by molar-refractivity contribution is 7.17. The van der Waals surface area contributed by atoms with E-state index in [1.807, 2.05) is 19.1 Å². The molecule has 3 N–H and O–H groups in total. The number of hydrogen-bond donors (Lipinski definition) is 2. The van der Waals surface area contributed by atoms with Crippen molar-refractivity contribution < 1.29 is 9.59 Å². The Morgan fingerprint density at radius 3 is 2.46 bits per heavy atom. The Morgan fingerprint density at radius 1 is 1.15 bits per heavy atom. The van der Waals surface area contributed by atoms with Crippen LogP contribution in [-0.4, -0.2) is 11.8 Å². The van der Waals surface area contributed by atoms with E-state index in [1.165, 1.54) is 21.8 Å². The molecule has 1 aromatic carbocycles. The van der Waals surface area contributed by atoms with Gasteiger partial charge in [-0.15, -0.1) is 11.3 Å². The molecule has 1 heterocycles. The number of anilines is 1. The fraction of sp³-hybridized carbons (Fsp3) is 0.429. The summed E-state index contributed by atoms with van der Waals surface area (Å²) in [7, 11) is 0. The number of nitrogens with one attached hydrogen (secondary N) is 1. The van der Waals surface area contributed by atoms with Crippen LogP contribution in [0.3, 0.4) is 0 Å². The van der Waals surface area contributed by atoms with Crippen molar-refractivity contribution in [2.75, 3.05) is 5.32 Å². The van der Waals surface area contributed by atoms with E-state index in [0.29, 0.717) is 16.5 Å². The van der Waals surface area contributed by atoms with Gasteiger partial charge in [0.05, 0.1) is 11.5 Å². The largest absolute Gasteiger partial charge is 0.365 e. The average Bonchev–Trinajstić information content (AvgIpc) is 3.14. The van der Waals surface area contributed by atoms with Gasteiger partial charge >= 0.3 is 0 Å². The van der Waals surface area contributed by atoms with Crippen LogP contribution >= 0.6 is 11.3 Å². The minimum absolute atomic E-state index is 0.107. The number of hydrogen-bond acceptors (Lipinski definition) is 3. The second kappa shape index (κ2) is 7.62. The van der Waals surface area contributed by atoms with Gasteiger partial charge in [-0.25, -0.2) is 0 Å². The Bertz CT molecular complexity index is 821. The molecule has 1 unspecified atom stereocenters. The van der Waals surface area contributed by atoms with Crippen molar-refractivity contribution >= 4 is 28.2 Å². The van der Waals surface area contributed by atoms with Crippen molar-refractivity contribution in [1.29, 1.82) is 0 Å². The number of thiophene rings is 1. The Labute approximate surface area is 158 Å². The monoisotopic (exact) mass is 370 g/mol. The third-order valence-corrected chi connectivity index (χ3v) is 6.13. The van der Waals surface area contributed by atoms with Crippen LogP contribution in [0.4, 0.5) is 5.00 Å². The van der Waals surface area contributed by atoms with Gasteiger partial charge in [-0.2, -0.15) is 0 Å². The fourth-order valence-electron chi connectivity index (χ4n) is 3.54. The number of benzene rings is 1. The van der Waals surface area contributed by atoms with Gasteiger partial charge in [0.25, 0.3) is 5.91 Å². The van der Waals surface area contributed by atoms with E-state index in [9.17, 15) is 9.59 Å². The predicted octanol–water partition coefficient (Wildman–Crippen LogP) is 4.28. The van der Waals surface area contributed by atoms with Crippen molar-refractivity contribution in [3.8, 4) is 0 Å². The fourth-order valence-corrected chi connectivity index (χ4v) is 4.84.